The van der Waals surface area contributed by atoms with Gasteiger partial charge in [0, 0.05) is 0 Å². The highest BCUT2D eigenvalue weighted by Crippen LogP contribution is 2.29. The Balaban J connectivity index is 2.46. The van der Waals surface area contributed by atoms with Crippen LogP contribution in [0.1, 0.15) is 39.0 Å². The maximum absolute atomic E-state index is 11.1. The van der Waals surface area contributed by atoms with Gasteiger partial charge in [0.05, 0.1) is 7.11 Å². The summed E-state index contributed by atoms with van der Waals surface area (Å²) in [7, 11) is 1.32. The molecule has 82 valence electrons. The van der Waals surface area contributed by atoms with E-state index >= 15 is 0 Å². The summed E-state index contributed by atoms with van der Waals surface area (Å²) in [5.74, 6) is 0.349. The Labute approximate surface area is 85.5 Å². The van der Waals surface area contributed by atoms with Gasteiger partial charge in [0.25, 0.3) is 0 Å². The average molecular weight is 200 g/mol. The first-order chi connectivity index (χ1) is 6.65. The number of esters is 1. The van der Waals surface area contributed by atoms with E-state index in [0.29, 0.717) is 0 Å². The average Bonchev–Trinajstić information content (AvgIpc) is 2.40. The predicted octanol–water partition coefficient (Wildman–Crippen LogP) is 1.74. The molecule has 0 heterocycles. The van der Waals surface area contributed by atoms with Crippen LogP contribution in [-0.2, 0) is 9.53 Å². The number of hydrogen-bond acceptors (Lipinski definition) is 3. The highest BCUT2D eigenvalue weighted by molar-refractivity contribution is 5.74. The van der Waals surface area contributed by atoms with Crippen LogP contribution in [0.25, 0.3) is 0 Å². The van der Waals surface area contributed by atoms with Crippen LogP contribution in [0.4, 0.5) is 0 Å². The molecular formula is C11H20O3. The fourth-order valence-electron chi connectivity index (χ4n) is 2.14. The minimum absolute atomic E-state index is 0.104. The van der Waals surface area contributed by atoms with Gasteiger partial charge in [-0.1, -0.05) is 26.2 Å². The van der Waals surface area contributed by atoms with E-state index in [1.807, 2.05) is 0 Å². The summed E-state index contributed by atoms with van der Waals surface area (Å²) in [5.41, 5.74) is 0. The van der Waals surface area contributed by atoms with Crippen molar-refractivity contribution in [1.82, 2.24) is 0 Å². The maximum atomic E-state index is 11.1. The van der Waals surface area contributed by atoms with E-state index in [4.69, 9.17) is 0 Å². The second-order valence-electron chi connectivity index (χ2n) is 4.34. The molecule has 0 saturated heterocycles. The molecule has 0 aromatic heterocycles. The monoisotopic (exact) mass is 200 g/mol. The van der Waals surface area contributed by atoms with Crippen molar-refractivity contribution in [3.63, 3.8) is 0 Å². The second-order valence-corrected chi connectivity index (χ2v) is 4.34. The molecule has 0 aromatic rings. The lowest BCUT2D eigenvalue weighted by Crippen LogP contribution is -2.30. The summed E-state index contributed by atoms with van der Waals surface area (Å²) in [4.78, 5) is 11.1. The molecule has 1 saturated carbocycles. The van der Waals surface area contributed by atoms with Crippen LogP contribution in [-0.4, -0.2) is 24.3 Å². The lowest BCUT2D eigenvalue weighted by atomic mass is 9.93. The lowest BCUT2D eigenvalue weighted by Gasteiger charge is -2.18. The molecule has 1 fully saturated rings. The van der Waals surface area contributed by atoms with Crippen molar-refractivity contribution in [1.29, 1.82) is 0 Å². The van der Waals surface area contributed by atoms with Gasteiger partial charge >= 0.3 is 5.97 Å². The number of carbonyl (C=O) groups excluding carboxylic acids is 1. The smallest absolute Gasteiger partial charge is 0.334 e. The van der Waals surface area contributed by atoms with Gasteiger partial charge in [-0.2, -0.15) is 0 Å². The van der Waals surface area contributed by atoms with Gasteiger partial charge in [-0.25, -0.2) is 4.79 Å². The molecule has 1 aliphatic carbocycles. The van der Waals surface area contributed by atoms with Crippen molar-refractivity contribution in [2.24, 2.45) is 11.8 Å². The minimum atomic E-state index is -0.912. The minimum Gasteiger partial charge on any atom is -0.467 e. The fourth-order valence-corrected chi connectivity index (χ4v) is 2.14. The Hall–Kier alpha value is -0.570. The number of carbonyl (C=O) groups is 1. The van der Waals surface area contributed by atoms with Gasteiger partial charge in [-0.3, -0.25) is 0 Å². The maximum Gasteiger partial charge on any atom is 0.334 e. The summed E-state index contributed by atoms with van der Waals surface area (Å²) in [5, 5.41) is 9.68. The van der Waals surface area contributed by atoms with E-state index in [0.717, 1.165) is 31.6 Å². The zero-order valence-electron chi connectivity index (χ0n) is 9.03. The quantitative estimate of drug-likeness (QED) is 0.545. The predicted molar refractivity (Wildman–Crippen MR) is 53.8 cm³/mol. The number of hydrogen-bond donors (Lipinski definition) is 1. The molecule has 0 radical (unpaired) electrons. The Bertz CT molecular complexity index is 191. The number of rotatable bonds is 2. The van der Waals surface area contributed by atoms with Crippen LogP contribution in [0.5, 0.6) is 0 Å². The van der Waals surface area contributed by atoms with E-state index in [1.165, 1.54) is 13.5 Å². The Morgan fingerprint density at radius 3 is 2.71 bits per heavy atom. The van der Waals surface area contributed by atoms with Gasteiger partial charge < -0.3 is 9.84 Å². The number of aliphatic hydroxyl groups is 1. The van der Waals surface area contributed by atoms with Crippen LogP contribution in [0.15, 0.2) is 0 Å². The number of ether oxygens (including phenoxy) is 1. The molecule has 0 aromatic carbocycles. The molecule has 1 N–H and O–H groups in total. The van der Waals surface area contributed by atoms with Crippen molar-refractivity contribution < 1.29 is 14.6 Å². The zero-order chi connectivity index (χ0) is 10.6. The summed E-state index contributed by atoms with van der Waals surface area (Å²) < 4.78 is 4.54. The molecule has 3 atom stereocenters. The molecule has 1 rings (SSSR count). The standard InChI is InChI=1S/C11H20O3/c1-8-4-3-5-9(7-6-8)10(12)11(13)14-2/h8-10,12H,3-7H2,1-2H3. The number of methoxy groups -OCH3 is 1. The van der Waals surface area contributed by atoms with Crippen LogP contribution in [0.3, 0.4) is 0 Å². The molecule has 3 unspecified atom stereocenters. The van der Waals surface area contributed by atoms with Gasteiger partial charge in [0.15, 0.2) is 6.10 Å². The first-order valence-electron chi connectivity index (χ1n) is 5.41. The molecule has 0 aliphatic heterocycles. The normalized spacial score (nSPS) is 30.5. The molecule has 0 spiro atoms. The van der Waals surface area contributed by atoms with E-state index in [9.17, 15) is 9.90 Å². The Morgan fingerprint density at radius 1 is 1.36 bits per heavy atom. The van der Waals surface area contributed by atoms with Crippen molar-refractivity contribution >= 4 is 5.97 Å². The first kappa shape index (κ1) is 11.5. The zero-order valence-corrected chi connectivity index (χ0v) is 9.03. The highest BCUT2D eigenvalue weighted by Gasteiger charge is 2.28. The molecule has 3 heteroatoms. The summed E-state index contributed by atoms with van der Waals surface area (Å²) in [6.45, 7) is 2.23. The van der Waals surface area contributed by atoms with Crippen LogP contribution >= 0.6 is 0 Å². The first-order valence-corrected chi connectivity index (χ1v) is 5.41. The fraction of sp³-hybridized carbons (Fsp3) is 0.909. The van der Waals surface area contributed by atoms with Gasteiger partial charge in [-0.05, 0) is 24.7 Å². The van der Waals surface area contributed by atoms with E-state index in [-0.39, 0.29) is 5.92 Å². The van der Waals surface area contributed by atoms with E-state index in [2.05, 4.69) is 11.7 Å². The largest absolute Gasteiger partial charge is 0.467 e. The van der Waals surface area contributed by atoms with Gasteiger partial charge in [0.2, 0.25) is 0 Å². The van der Waals surface area contributed by atoms with E-state index < -0.39 is 12.1 Å². The van der Waals surface area contributed by atoms with Gasteiger partial charge in [-0.15, -0.1) is 0 Å². The van der Waals surface area contributed by atoms with Crippen molar-refractivity contribution in [3.8, 4) is 0 Å². The van der Waals surface area contributed by atoms with Crippen molar-refractivity contribution in [2.45, 2.75) is 45.1 Å². The van der Waals surface area contributed by atoms with Crippen LogP contribution in [0.2, 0.25) is 0 Å². The molecule has 14 heavy (non-hydrogen) atoms. The Morgan fingerprint density at radius 2 is 2.07 bits per heavy atom. The summed E-state index contributed by atoms with van der Waals surface area (Å²) >= 11 is 0. The van der Waals surface area contributed by atoms with Crippen molar-refractivity contribution in [2.75, 3.05) is 7.11 Å². The third-order valence-corrected chi connectivity index (χ3v) is 3.19. The second kappa shape index (κ2) is 5.35. The number of aliphatic hydroxyl groups excluding tert-OH is 1. The lowest BCUT2D eigenvalue weighted by molar-refractivity contribution is -0.153. The topological polar surface area (TPSA) is 46.5 Å². The van der Waals surface area contributed by atoms with Crippen molar-refractivity contribution in [3.05, 3.63) is 0 Å². The molecule has 0 bridgehead atoms. The molecule has 1 aliphatic rings. The highest BCUT2D eigenvalue weighted by atomic mass is 16.5. The third kappa shape index (κ3) is 2.98. The van der Waals surface area contributed by atoms with Gasteiger partial charge in [0.1, 0.15) is 0 Å². The van der Waals surface area contributed by atoms with Crippen LogP contribution < -0.4 is 0 Å². The molecule has 3 nitrogen and oxygen atoms in total. The summed E-state index contributed by atoms with van der Waals surface area (Å²) in [6.07, 6.45) is 4.41. The molecular weight excluding hydrogens is 180 g/mol. The summed E-state index contributed by atoms with van der Waals surface area (Å²) in [6, 6.07) is 0. The third-order valence-electron chi connectivity index (χ3n) is 3.19. The Kier molecular flexibility index (Phi) is 4.39. The SMILES string of the molecule is COC(=O)C(O)C1CCCC(C)CC1. The van der Waals surface area contributed by atoms with Crippen LogP contribution in [0, 0.1) is 11.8 Å². The molecule has 0 amide bonds. The van der Waals surface area contributed by atoms with E-state index in [1.54, 1.807) is 0 Å².